The quantitative estimate of drug-likeness (QED) is 0.863. The standard InChI is InChI=1S/C13H15N3O/c1-11-7-8-15-16(11)10-13(17)14-9-12-5-3-2-4-6-12/h2-8H,9-10H2,1H3,(H,14,17). The molecule has 0 aliphatic rings. The number of hydrogen-bond acceptors (Lipinski definition) is 2. The molecule has 1 N–H and O–H groups in total. The summed E-state index contributed by atoms with van der Waals surface area (Å²) in [5.74, 6) is -0.0272. The summed E-state index contributed by atoms with van der Waals surface area (Å²) < 4.78 is 1.68. The smallest absolute Gasteiger partial charge is 0.242 e. The van der Waals surface area contributed by atoms with E-state index in [0.29, 0.717) is 6.54 Å². The third-order valence-electron chi connectivity index (χ3n) is 2.55. The molecule has 0 fully saturated rings. The van der Waals surface area contributed by atoms with Gasteiger partial charge in [-0.2, -0.15) is 5.10 Å². The van der Waals surface area contributed by atoms with Crippen molar-refractivity contribution in [1.82, 2.24) is 15.1 Å². The number of rotatable bonds is 4. The van der Waals surface area contributed by atoms with Crippen molar-refractivity contribution in [3.05, 3.63) is 53.9 Å². The number of nitrogens with zero attached hydrogens (tertiary/aromatic N) is 2. The molecule has 0 saturated heterocycles. The molecule has 1 aromatic carbocycles. The van der Waals surface area contributed by atoms with Gasteiger partial charge in [0.15, 0.2) is 0 Å². The maximum atomic E-state index is 11.7. The van der Waals surface area contributed by atoms with Crippen LogP contribution in [0.15, 0.2) is 42.6 Å². The molecule has 17 heavy (non-hydrogen) atoms. The minimum Gasteiger partial charge on any atom is -0.350 e. The van der Waals surface area contributed by atoms with Crippen molar-refractivity contribution in [3.63, 3.8) is 0 Å². The van der Waals surface area contributed by atoms with E-state index in [1.165, 1.54) is 0 Å². The van der Waals surface area contributed by atoms with Gasteiger partial charge in [-0.3, -0.25) is 9.48 Å². The zero-order chi connectivity index (χ0) is 12.1. The summed E-state index contributed by atoms with van der Waals surface area (Å²) >= 11 is 0. The largest absolute Gasteiger partial charge is 0.350 e. The third-order valence-corrected chi connectivity index (χ3v) is 2.55. The topological polar surface area (TPSA) is 46.9 Å². The average Bonchev–Trinajstić information content (AvgIpc) is 2.74. The highest BCUT2D eigenvalue weighted by Crippen LogP contribution is 1.98. The van der Waals surface area contributed by atoms with Crippen LogP contribution in [-0.4, -0.2) is 15.7 Å². The van der Waals surface area contributed by atoms with E-state index in [-0.39, 0.29) is 12.5 Å². The molecule has 2 aromatic rings. The van der Waals surface area contributed by atoms with Crippen molar-refractivity contribution in [2.24, 2.45) is 0 Å². The van der Waals surface area contributed by atoms with Crippen LogP contribution in [0.1, 0.15) is 11.3 Å². The zero-order valence-electron chi connectivity index (χ0n) is 9.76. The molecule has 88 valence electrons. The Bertz CT molecular complexity index is 490. The van der Waals surface area contributed by atoms with Crippen LogP contribution in [-0.2, 0) is 17.9 Å². The summed E-state index contributed by atoms with van der Waals surface area (Å²) in [5, 5.41) is 6.93. The Labute approximate surface area is 100 Å². The van der Waals surface area contributed by atoms with E-state index in [1.807, 2.05) is 43.3 Å². The van der Waals surface area contributed by atoms with Gasteiger partial charge < -0.3 is 5.32 Å². The van der Waals surface area contributed by atoms with Crippen LogP contribution < -0.4 is 5.32 Å². The number of aryl methyl sites for hydroxylation is 1. The molecule has 2 rings (SSSR count). The van der Waals surface area contributed by atoms with Gasteiger partial charge in [0, 0.05) is 18.4 Å². The first-order valence-corrected chi connectivity index (χ1v) is 5.55. The highest BCUT2D eigenvalue weighted by Gasteiger charge is 2.04. The lowest BCUT2D eigenvalue weighted by atomic mass is 10.2. The van der Waals surface area contributed by atoms with Crippen molar-refractivity contribution >= 4 is 5.91 Å². The van der Waals surface area contributed by atoms with Gasteiger partial charge in [-0.15, -0.1) is 0 Å². The lowest BCUT2D eigenvalue weighted by Crippen LogP contribution is -2.27. The number of carbonyl (C=O) groups excluding carboxylic acids is 1. The second-order valence-corrected chi connectivity index (χ2v) is 3.89. The van der Waals surface area contributed by atoms with Crippen LogP contribution in [0.3, 0.4) is 0 Å². The number of carbonyl (C=O) groups is 1. The highest BCUT2D eigenvalue weighted by molar-refractivity contribution is 5.75. The summed E-state index contributed by atoms with van der Waals surface area (Å²) in [6.45, 7) is 2.75. The monoisotopic (exact) mass is 229 g/mol. The minimum absolute atomic E-state index is 0.0272. The van der Waals surface area contributed by atoms with E-state index < -0.39 is 0 Å². The van der Waals surface area contributed by atoms with Gasteiger partial charge in [0.1, 0.15) is 6.54 Å². The predicted molar refractivity (Wildman–Crippen MR) is 65.3 cm³/mol. The van der Waals surface area contributed by atoms with Crippen molar-refractivity contribution in [1.29, 1.82) is 0 Å². The molecule has 0 bridgehead atoms. The van der Waals surface area contributed by atoms with Crippen LogP contribution in [0, 0.1) is 6.92 Å². The van der Waals surface area contributed by atoms with Gasteiger partial charge in [0.05, 0.1) is 0 Å². The lowest BCUT2D eigenvalue weighted by molar-refractivity contribution is -0.122. The Hall–Kier alpha value is -2.10. The molecule has 0 saturated carbocycles. The number of amides is 1. The molecule has 0 aliphatic heterocycles. The van der Waals surface area contributed by atoms with Gasteiger partial charge >= 0.3 is 0 Å². The summed E-state index contributed by atoms with van der Waals surface area (Å²) in [7, 11) is 0. The van der Waals surface area contributed by atoms with E-state index in [1.54, 1.807) is 10.9 Å². The zero-order valence-corrected chi connectivity index (χ0v) is 9.76. The molecule has 1 heterocycles. The van der Waals surface area contributed by atoms with Crippen molar-refractivity contribution in [2.75, 3.05) is 0 Å². The molecule has 0 spiro atoms. The van der Waals surface area contributed by atoms with Crippen LogP contribution in [0.2, 0.25) is 0 Å². The second kappa shape index (κ2) is 5.30. The number of benzene rings is 1. The molecule has 0 atom stereocenters. The molecule has 0 radical (unpaired) electrons. The first-order chi connectivity index (χ1) is 8.25. The summed E-state index contributed by atoms with van der Waals surface area (Å²) in [6.07, 6.45) is 1.69. The van der Waals surface area contributed by atoms with Gasteiger partial charge in [-0.25, -0.2) is 0 Å². The predicted octanol–water partition coefficient (Wildman–Crippen LogP) is 1.51. The molecular weight excluding hydrogens is 214 g/mol. The minimum atomic E-state index is -0.0272. The number of aromatic nitrogens is 2. The highest BCUT2D eigenvalue weighted by atomic mass is 16.2. The number of nitrogens with one attached hydrogen (secondary N) is 1. The van der Waals surface area contributed by atoms with Crippen LogP contribution in [0.4, 0.5) is 0 Å². The van der Waals surface area contributed by atoms with Gasteiger partial charge in [-0.1, -0.05) is 30.3 Å². The fourth-order valence-electron chi connectivity index (χ4n) is 1.55. The Kier molecular flexibility index (Phi) is 3.55. The maximum absolute atomic E-state index is 11.7. The molecule has 1 amide bonds. The van der Waals surface area contributed by atoms with Gasteiger partial charge in [0.2, 0.25) is 5.91 Å². The van der Waals surface area contributed by atoms with Gasteiger partial charge in [-0.05, 0) is 18.6 Å². The van der Waals surface area contributed by atoms with Crippen LogP contribution in [0.5, 0.6) is 0 Å². The molecular formula is C13H15N3O. The van der Waals surface area contributed by atoms with Crippen LogP contribution >= 0.6 is 0 Å². The maximum Gasteiger partial charge on any atom is 0.242 e. The first-order valence-electron chi connectivity index (χ1n) is 5.55. The fraction of sp³-hybridized carbons (Fsp3) is 0.231. The van der Waals surface area contributed by atoms with E-state index in [9.17, 15) is 4.79 Å². The van der Waals surface area contributed by atoms with E-state index >= 15 is 0 Å². The Balaban J connectivity index is 1.85. The average molecular weight is 229 g/mol. The van der Waals surface area contributed by atoms with Crippen molar-refractivity contribution in [2.45, 2.75) is 20.0 Å². The SMILES string of the molecule is Cc1ccnn1CC(=O)NCc1ccccc1. The van der Waals surface area contributed by atoms with E-state index in [4.69, 9.17) is 0 Å². The first kappa shape index (κ1) is 11.4. The summed E-state index contributed by atoms with van der Waals surface area (Å²) in [4.78, 5) is 11.7. The van der Waals surface area contributed by atoms with Crippen molar-refractivity contribution < 1.29 is 4.79 Å². The molecule has 4 nitrogen and oxygen atoms in total. The molecule has 0 aliphatic carbocycles. The fourth-order valence-corrected chi connectivity index (χ4v) is 1.55. The number of hydrogen-bond donors (Lipinski definition) is 1. The Morgan fingerprint density at radius 3 is 2.71 bits per heavy atom. The summed E-state index contributed by atoms with van der Waals surface area (Å²) in [5.41, 5.74) is 2.08. The molecule has 1 aromatic heterocycles. The van der Waals surface area contributed by atoms with Crippen molar-refractivity contribution in [3.8, 4) is 0 Å². The Morgan fingerprint density at radius 1 is 1.29 bits per heavy atom. The molecule has 0 unspecified atom stereocenters. The molecule has 4 heteroatoms. The second-order valence-electron chi connectivity index (χ2n) is 3.89. The van der Waals surface area contributed by atoms with E-state index in [0.717, 1.165) is 11.3 Å². The Morgan fingerprint density at radius 2 is 2.06 bits per heavy atom. The van der Waals surface area contributed by atoms with Crippen LogP contribution in [0.25, 0.3) is 0 Å². The normalized spacial score (nSPS) is 10.2. The summed E-state index contributed by atoms with van der Waals surface area (Å²) in [6, 6.07) is 11.7. The van der Waals surface area contributed by atoms with E-state index in [2.05, 4.69) is 10.4 Å². The lowest BCUT2D eigenvalue weighted by Gasteiger charge is -2.06. The van der Waals surface area contributed by atoms with Gasteiger partial charge in [0.25, 0.3) is 0 Å². The third kappa shape index (κ3) is 3.17.